The van der Waals surface area contributed by atoms with Crippen LogP contribution in [0.15, 0.2) is 0 Å². The number of aromatic nitrogens is 2. The summed E-state index contributed by atoms with van der Waals surface area (Å²) in [6.45, 7) is 4.35. The van der Waals surface area contributed by atoms with Crippen LogP contribution in [0.4, 0.5) is 5.82 Å². The van der Waals surface area contributed by atoms with E-state index in [-0.39, 0.29) is 0 Å². The molecule has 0 aliphatic heterocycles. The molecule has 0 saturated heterocycles. The Balaban J connectivity index is 2.22. The minimum atomic E-state index is 0.511. The second-order valence-electron chi connectivity index (χ2n) is 5.60. The summed E-state index contributed by atoms with van der Waals surface area (Å²) in [7, 11) is 0. The summed E-state index contributed by atoms with van der Waals surface area (Å²) in [6, 6.07) is 0. The monoisotopic (exact) mass is 236 g/mol. The third-order valence-electron chi connectivity index (χ3n) is 3.62. The van der Waals surface area contributed by atoms with Crippen molar-refractivity contribution in [3.63, 3.8) is 0 Å². The third-order valence-corrected chi connectivity index (χ3v) is 3.62. The van der Waals surface area contributed by atoms with Gasteiger partial charge in [0, 0.05) is 5.92 Å². The first-order chi connectivity index (χ1) is 8.09. The number of anilines is 1. The maximum Gasteiger partial charge on any atom is 0.146 e. The molecule has 4 heteroatoms. The van der Waals surface area contributed by atoms with E-state index in [1.54, 1.807) is 4.68 Å². The second kappa shape index (κ2) is 4.98. The highest BCUT2D eigenvalue weighted by molar-refractivity contribution is 5.39. The Morgan fingerprint density at radius 2 is 1.94 bits per heavy atom. The zero-order chi connectivity index (χ0) is 12.4. The van der Waals surface area contributed by atoms with Crippen molar-refractivity contribution >= 4 is 5.82 Å². The Morgan fingerprint density at radius 1 is 1.29 bits per heavy atom. The zero-order valence-electron chi connectivity index (χ0n) is 10.9. The summed E-state index contributed by atoms with van der Waals surface area (Å²) in [5.41, 5.74) is 7.01. The fourth-order valence-corrected chi connectivity index (χ4v) is 2.70. The fourth-order valence-electron chi connectivity index (χ4n) is 2.70. The Hall–Kier alpha value is -1.19. The molecule has 0 unspecified atom stereocenters. The van der Waals surface area contributed by atoms with Crippen LogP contribution in [0.25, 0.3) is 0 Å². The van der Waals surface area contributed by atoms with Crippen molar-refractivity contribution in [2.24, 2.45) is 5.92 Å². The van der Waals surface area contributed by atoms with Crippen molar-refractivity contribution in [2.75, 3.05) is 11.6 Å². The Morgan fingerprint density at radius 3 is 2.53 bits per heavy atom. The zero-order valence-corrected chi connectivity index (χ0v) is 10.9. The molecule has 1 heterocycles. The van der Waals surface area contributed by atoms with Crippen molar-refractivity contribution in [1.82, 2.24) is 9.66 Å². The Bertz CT molecular complexity index is 375. The molecule has 0 atom stereocenters. The van der Waals surface area contributed by atoms with Crippen molar-refractivity contribution in [3.05, 3.63) is 11.5 Å². The maximum atomic E-state index is 6.04. The van der Waals surface area contributed by atoms with Gasteiger partial charge in [-0.1, -0.05) is 33.1 Å². The first-order valence-electron chi connectivity index (χ1n) is 6.71. The van der Waals surface area contributed by atoms with E-state index >= 15 is 0 Å². The summed E-state index contributed by atoms with van der Waals surface area (Å²) in [6.07, 6.45) is 7.24. The lowest BCUT2D eigenvalue weighted by Gasteiger charge is -2.20. The normalized spacial score (nSPS) is 17.8. The average molecular weight is 236 g/mol. The number of hydrogen-bond donors (Lipinski definition) is 2. The van der Waals surface area contributed by atoms with Gasteiger partial charge in [0.2, 0.25) is 0 Å². The summed E-state index contributed by atoms with van der Waals surface area (Å²) in [5, 5.41) is 0. The minimum Gasteiger partial charge on any atom is -0.382 e. The van der Waals surface area contributed by atoms with E-state index in [4.69, 9.17) is 11.6 Å². The van der Waals surface area contributed by atoms with Gasteiger partial charge >= 0.3 is 0 Å². The van der Waals surface area contributed by atoms with Crippen LogP contribution in [0.5, 0.6) is 0 Å². The van der Waals surface area contributed by atoms with Crippen LogP contribution < -0.4 is 11.6 Å². The standard InChI is InChI=1S/C13H24N4/c1-9(2)8-11-12(14)17(15)13(16-11)10-6-4-3-5-7-10/h9-10H,3-8,14-15H2,1-2H3. The number of nitrogens with two attached hydrogens (primary N) is 2. The van der Waals surface area contributed by atoms with Crippen molar-refractivity contribution in [3.8, 4) is 0 Å². The van der Waals surface area contributed by atoms with Crippen LogP contribution in [0.1, 0.15) is 63.4 Å². The molecule has 1 aliphatic rings. The molecule has 0 amide bonds. The smallest absolute Gasteiger partial charge is 0.146 e. The summed E-state index contributed by atoms with van der Waals surface area (Å²) < 4.78 is 1.62. The SMILES string of the molecule is CC(C)Cc1nc(C2CCCCC2)n(N)c1N. The van der Waals surface area contributed by atoms with E-state index in [2.05, 4.69) is 18.8 Å². The van der Waals surface area contributed by atoms with E-state index in [1.807, 2.05) is 0 Å². The molecule has 1 aromatic rings. The highest BCUT2D eigenvalue weighted by Gasteiger charge is 2.23. The molecule has 2 rings (SSSR count). The van der Waals surface area contributed by atoms with Gasteiger partial charge in [0.15, 0.2) is 0 Å². The number of nitrogens with zero attached hydrogens (tertiary/aromatic N) is 2. The van der Waals surface area contributed by atoms with Gasteiger partial charge < -0.3 is 11.6 Å². The number of imidazole rings is 1. The molecule has 96 valence electrons. The number of nitrogen functional groups attached to an aromatic ring is 2. The van der Waals surface area contributed by atoms with Gasteiger partial charge in [0.1, 0.15) is 11.6 Å². The van der Waals surface area contributed by atoms with Crippen LogP contribution in [0, 0.1) is 5.92 Å². The molecule has 0 aromatic carbocycles. The molecule has 4 nitrogen and oxygen atoms in total. The van der Waals surface area contributed by atoms with Gasteiger partial charge in [-0.25, -0.2) is 9.66 Å². The van der Waals surface area contributed by atoms with Crippen molar-refractivity contribution in [1.29, 1.82) is 0 Å². The van der Waals surface area contributed by atoms with E-state index < -0.39 is 0 Å². The van der Waals surface area contributed by atoms with E-state index in [0.717, 1.165) is 17.9 Å². The molecule has 1 aliphatic carbocycles. The lowest BCUT2D eigenvalue weighted by atomic mass is 9.89. The topological polar surface area (TPSA) is 69.9 Å². The van der Waals surface area contributed by atoms with Crippen LogP contribution in [-0.4, -0.2) is 9.66 Å². The summed E-state index contributed by atoms with van der Waals surface area (Å²) in [4.78, 5) is 4.69. The minimum absolute atomic E-state index is 0.511. The summed E-state index contributed by atoms with van der Waals surface area (Å²) in [5.74, 6) is 8.76. The molecule has 4 N–H and O–H groups in total. The Labute approximate surface area is 103 Å². The van der Waals surface area contributed by atoms with Gasteiger partial charge in [-0.2, -0.15) is 0 Å². The number of rotatable bonds is 3. The molecule has 0 radical (unpaired) electrons. The average Bonchev–Trinajstić information content (AvgIpc) is 2.58. The van der Waals surface area contributed by atoms with Crippen molar-refractivity contribution < 1.29 is 0 Å². The molecular weight excluding hydrogens is 212 g/mol. The molecule has 0 bridgehead atoms. The third kappa shape index (κ3) is 2.56. The molecular formula is C13H24N4. The first kappa shape index (κ1) is 12.3. The predicted octanol–water partition coefficient (Wildman–Crippen LogP) is 2.43. The molecule has 1 aromatic heterocycles. The van der Waals surface area contributed by atoms with Gasteiger partial charge in [0.05, 0.1) is 5.69 Å². The highest BCUT2D eigenvalue weighted by Crippen LogP contribution is 2.33. The van der Waals surface area contributed by atoms with E-state index in [0.29, 0.717) is 17.7 Å². The summed E-state index contributed by atoms with van der Waals surface area (Å²) >= 11 is 0. The molecule has 1 fully saturated rings. The van der Waals surface area contributed by atoms with Crippen LogP contribution >= 0.6 is 0 Å². The molecule has 17 heavy (non-hydrogen) atoms. The highest BCUT2D eigenvalue weighted by atomic mass is 15.4. The van der Waals surface area contributed by atoms with Crippen LogP contribution in [-0.2, 0) is 6.42 Å². The molecule has 0 spiro atoms. The molecule has 1 saturated carbocycles. The first-order valence-corrected chi connectivity index (χ1v) is 6.71. The van der Waals surface area contributed by atoms with Gasteiger partial charge in [0.25, 0.3) is 0 Å². The second-order valence-corrected chi connectivity index (χ2v) is 5.60. The van der Waals surface area contributed by atoms with E-state index in [9.17, 15) is 0 Å². The lowest BCUT2D eigenvalue weighted by Crippen LogP contribution is -2.19. The van der Waals surface area contributed by atoms with Gasteiger partial charge in [-0.05, 0) is 25.2 Å². The van der Waals surface area contributed by atoms with Crippen molar-refractivity contribution in [2.45, 2.75) is 58.3 Å². The Kier molecular flexibility index (Phi) is 3.60. The maximum absolute atomic E-state index is 6.04. The fraction of sp³-hybridized carbons (Fsp3) is 0.769. The van der Waals surface area contributed by atoms with E-state index in [1.165, 1.54) is 32.1 Å². The lowest BCUT2D eigenvalue weighted by molar-refractivity contribution is 0.423. The van der Waals surface area contributed by atoms with Gasteiger partial charge in [-0.15, -0.1) is 0 Å². The quantitative estimate of drug-likeness (QED) is 0.792. The van der Waals surface area contributed by atoms with Gasteiger partial charge in [-0.3, -0.25) is 0 Å². The van der Waals surface area contributed by atoms with Crippen LogP contribution in [0.2, 0.25) is 0 Å². The number of hydrogen-bond acceptors (Lipinski definition) is 3. The predicted molar refractivity (Wildman–Crippen MR) is 71.2 cm³/mol. The van der Waals surface area contributed by atoms with Crippen LogP contribution in [0.3, 0.4) is 0 Å². The largest absolute Gasteiger partial charge is 0.382 e.